The summed E-state index contributed by atoms with van der Waals surface area (Å²) >= 11 is 0. The van der Waals surface area contributed by atoms with Crippen LogP contribution in [-0.2, 0) is 4.79 Å². The predicted molar refractivity (Wildman–Crippen MR) is 65.3 cm³/mol. The Morgan fingerprint density at radius 2 is 1.88 bits per heavy atom. The second kappa shape index (κ2) is 7.11. The molecule has 0 aromatic carbocycles. The molecule has 0 radical (unpaired) electrons. The summed E-state index contributed by atoms with van der Waals surface area (Å²) in [5.74, 6) is -0.233. The van der Waals surface area contributed by atoms with E-state index in [1.165, 1.54) is 4.90 Å². The van der Waals surface area contributed by atoms with Crippen LogP contribution in [0.3, 0.4) is 0 Å². The largest absolute Gasteiger partial charge is 0.393 e. The van der Waals surface area contributed by atoms with Gasteiger partial charge >= 0.3 is 6.03 Å². The molecule has 2 unspecified atom stereocenters. The van der Waals surface area contributed by atoms with Gasteiger partial charge in [0.25, 0.3) is 0 Å². The molecule has 17 heavy (non-hydrogen) atoms. The van der Waals surface area contributed by atoms with Gasteiger partial charge in [0.15, 0.2) is 0 Å². The lowest BCUT2D eigenvalue weighted by Crippen LogP contribution is -2.52. The summed E-state index contributed by atoms with van der Waals surface area (Å²) in [6.07, 6.45) is 0.0516. The molecule has 2 atom stereocenters. The van der Waals surface area contributed by atoms with Gasteiger partial charge in [-0.25, -0.2) is 4.79 Å². The Kier molecular flexibility index (Phi) is 6.57. The van der Waals surface area contributed by atoms with Crippen LogP contribution in [0, 0.1) is 5.92 Å². The van der Waals surface area contributed by atoms with Gasteiger partial charge in [-0.1, -0.05) is 13.8 Å². The number of nitrogens with one attached hydrogen (secondary N) is 1. The number of nitrogens with zero attached hydrogens (tertiary/aromatic N) is 1. The molecule has 0 bridgehead atoms. The fraction of sp³-hybridized carbons (Fsp3) is 0.818. The number of likely N-dealkylation sites (N-methyl/N-ethyl adjacent to an activating group) is 1. The standard InChI is InChI=1S/C11H23N3O3/c1-7(2)9(13-11(12)17)10(16)14(4)6-5-8(3)15/h7-9,15H,5-6H2,1-4H3,(H3,12,13,17). The molecular weight excluding hydrogens is 222 g/mol. The number of nitrogens with two attached hydrogens (primary N) is 1. The lowest BCUT2D eigenvalue weighted by molar-refractivity contribution is -0.133. The van der Waals surface area contributed by atoms with Gasteiger partial charge in [-0.15, -0.1) is 0 Å². The van der Waals surface area contributed by atoms with Crippen molar-refractivity contribution in [1.82, 2.24) is 10.2 Å². The van der Waals surface area contributed by atoms with E-state index in [0.717, 1.165) is 0 Å². The molecule has 0 spiro atoms. The Morgan fingerprint density at radius 1 is 1.35 bits per heavy atom. The molecule has 6 heteroatoms. The molecule has 0 aliphatic carbocycles. The van der Waals surface area contributed by atoms with Gasteiger partial charge in [0.1, 0.15) is 6.04 Å². The molecule has 0 heterocycles. The van der Waals surface area contributed by atoms with Gasteiger partial charge < -0.3 is 21.1 Å². The third-order valence-electron chi connectivity index (χ3n) is 2.49. The normalized spacial score (nSPS) is 14.2. The molecule has 0 aliphatic heterocycles. The molecule has 100 valence electrons. The van der Waals surface area contributed by atoms with E-state index in [9.17, 15) is 9.59 Å². The minimum absolute atomic E-state index is 0.0380. The molecule has 0 aliphatic rings. The SMILES string of the molecule is CC(O)CCN(C)C(=O)C(NC(N)=O)C(C)C. The van der Waals surface area contributed by atoms with Crippen LogP contribution in [0.4, 0.5) is 4.79 Å². The first-order valence-corrected chi connectivity index (χ1v) is 5.74. The Labute approximate surface area is 102 Å². The van der Waals surface area contributed by atoms with Crippen LogP contribution in [0.5, 0.6) is 0 Å². The molecule has 0 fully saturated rings. The van der Waals surface area contributed by atoms with Crippen LogP contribution >= 0.6 is 0 Å². The van der Waals surface area contributed by atoms with Crippen LogP contribution in [0.25, 0.3) is 0 Å². The number of amides is 3. The first-order valence-electron chi connectivity index (χ1n) is 5.74. The van der Waals surface area contributed by atoms with Gasteiger partial charge in [-0.05, 0) is 19.3 Å². The van der Waals surface area contributed by atoms with Crippen molar-refractivity contribution in [1.29, 1.82) is 0 Å². The fourth-order valence-electron chi connectivity index (χ4n) is 1.39. The number of aliphatic hydroxyl groups is 1. The number of rotatable bonds is 6. The topological polar surface area (TPSA) is 95.7 Å². The van der Waals surface area contributed by atoms with Gasteiger partial charge in [0.2, 0.25) is 5.91 Å². The Balaban J connectivity index is 4.44. The smallest absolute Gasteiger partial charge is 0.312 e. The summed E-state index contributed by atoms with van der Waals surface area (Å²) in [5.41, 5.74) is 5.03. The maximum absolute atomic E-state index is 12.0. The van der Waals surface area contributed by atoms with Gasteiger partial charge in [-0.2, -0.15) is 0 Å². The molecule has 0 aromatic rings. The zero-order valence-corrected chi connectivity index (χ0v) is 10.9. The Hall–Kier alpha value is -1.30. The molecule has 0 saturated heterocycles. The highest BCUT2D eigenvalue weighted by Gasteiger charge is 2.26. The lowest BCUT2D eigenvalue weighted by atomic mass is 10.0. The van der Waals surface area contributed by atoms with Crippen LogP contribution in [0.15, 0.2) is 0 Å². The maximum Gasteiger partial charge on any atom is 0.312 e. The maximum atomic E-state index is 12.0. The minimum Gasteiger partial charge on any atom is -0.393 e. The predicted octanol–water partition coefficient (Wildman–Crippen LogP) is -0.0914. The van der Waals surface area contributed by atoms with E-state index in [0.29, 0.717) is 13.0 Å². The number of hydrogen-bond donors (Lipinski definition) is 3. The van der Waals surface area contributed by atoms with Crippen molar-refractivity contribution in [2.24, 2.45) is 11.7 Å². The fourth-order valence-corrected chi connectivity index (χ4v) is 1.39. The molecule has 0 saturated carbocycles. The quantitative estimate of drug-likeness (QED) is 0.610. The van der Waals surface area contributed by atoms with Gasteiger partial charge in [-0.3, -0.25) is 4.79 Å². The average Bonchev–Trinajstić information content (AvgIpc) is 2.20. The summed E-state index contributed by atoms with van der Waals surface area (Å²) in [6, 6.07) is -1.33. The number of carbonyl (C=O) groups is 2. The first kappa shape index (κ1) is 15.7. The van der Waals surface area contributed by atoms with Gasteiger partial charge in [0.05, 0.1) is 6.10 Å². The van der Waals surface area contributed by atoms with Crippen molar-refractivity contribution in [2.45, 2.75) is 39.3 Å². The van der Waals surface area contributed by atoms with Crippen molar-refractivity contribution in [2.75, 3.05) is 13.6 Å². The zero-order valence-electron chi connectivity index (χ0n) is 10.9. The molecule has 0 aromatic heterocycles. The summed E-state index contributed by atoms with van der Waals surface area (Å²) in [6.45, 7) is 5.78. The van der Waals surface area contributed by atoms with Crippen LogP contribution in [0.1, 0.15) is 27.2 Å². The number of hydrogen-bond acceptors (Lipinski definition) is 3. The van der Waals surface area contributed by atoms with Crippen LogP contribution in [0.2, 0.25) is 0 Å². The number of aliphatic hydroxyl groups excluding tert-OH is 1. The lowest BCUT2D eigenvalue weighted by Gasteiger charge is -2.26. The molecule has 6 nitrogen and oxygen atoms in total. The summed E-state index contributed by atoms with van der Waals surface area (Å²) in [4.78, 5) is 24.3. The highest BCUT2D eigenvalue weighted by atomic mass is 16.3. The van der Waals surface area contributed by atoms with E-state index in [1.807, 2.05) is 13.8 Å². The number of urea groups is 1. The van der Waals surface area contributed by atoms with Crippen molar-refractivity contribution >= 4 is 11.9 Å². The number of carbonyl (C=O) groups excluding carboxylic acids is 2. The van der Waals surface area contributed by atoms with Gasteiger partial charge in [0, 0.05) is 13.6 Å². The van der Waals surface area contributed by atoms with E-state index >= 15 is 0 Å². The van der Waals surface area contributed by atoms with E-state index in [2.05, 4.69) is 5.32 Å². The van der Waals surface area contributed by atoms with Crippen LogP contribution in [-0.4, -0.2) is 47.7 Å². The van der Waals surface area contributed by atoms with E-state index in [4.69, 9.17) is 10.8 Å². The summed E-state index contributed by atoms with van der Waals surface area (Å²) in [5, 5.41) is 11.6. The molecule has 4 N–H and O–H groups in total. The highest BCUT2D eigenvalue weighted by molar-refractivity contribution is 5.86. The van der Waals surface area contributed by atoms with E-state index < -0.39 is 18.2 Å². The third kappa shape index (κ3) is 6.11. The minimum atomic E-state index is -0.707. The summed E-state index contributed by atoms with van der Waals surface area (Å²) < 4.78 is 0. The zero-order chi connectivity index (χ0) is 13.6. The second-order valence-corrected chi connectivity index (χ2v) is 4.63. The molecule has 3 amide bonds. The highest BCUT2D eigenvalue weighted by Crippen LogP contribution is 2.06. The second-order valence-electron chi connectivity index (χ2n) is 4.63. The van der Waals surface area contributed by atoms with E-state index in [-0.39, 0.29) is 11.8 Å². The molecule has 0 rings (SSSR count). The van der Waals surface area contributed by atoms with Crippen molar-refractivity contribution < 1.29 is 14.7 Å². The van der Waals surface area contributed by atoms with Crippen molar-refractivity contribution in [3.63, 3.8) is 0 Å². The van der Waals surface area contributed by atoms with E-state index in [1.54, 1.807) is 14.0 Å². The first-order chi connectivity index (χ1) is 7.75. The number of primary amides is 1. The molecular formula is C11H23N3O3. The average molecular weight is 245 g/mol. The summed E-state index contributed by atoms with van der Waals surface area (Å²) in [7, 11) is 1.64. The Morgan fingerprint density at radius 3 is 2.24 bits per heavy atom. The van der Waals surface area contributed by atoms with Crippen molar-refractivity contribution in [3.8, 4) is 0 Å². The monoisotopic (exact) mass is 245 g/mol. The van der Waals surface area contributed by atoms with Crippen molar-refractivity contribution in [3.05, 3.63) is 0 Å². The Bertz CT molecular complexity index is 267. The van der Waals surface area contributed by atoms with Crippen LogP contribution < -0.4 is 11.1 Å². The third-order valence-corrected chi connectivity index (χ3v) is 2.49.